The van der Waals surface area contributed by atoms with Crippen molar-refractivity contribution in [3.05, 3.63) is 46.0 Å². The fraction of sp³-hybridized carbons (Fsp3) is 0.294. The van der Waals surface area contributed by atoms with Gasteiger partial charge in [-0.2, -0.15) is 5.26 Å². The van der Waals surface area contributed by atoms with Gasteiger partial charge in [0.1, 0.15) is 4.88 Å². The van der Waals surface area contributed by atoms with Crippen molar-refractivity contribution in [3.8, 4) is 6.07 Å². The van der Waals surface area contributed by atoms with E-state index in [1.54, 1.807) is 26.0 Å². The van der Waals surface area contributed by atoms with E-state index < -0.39 is 5.97 Å². The van der Waals surface area contributed by atoms with Crippen LogP contribution in [0.2, 0.25) is 0 Å². The van der Waals surface area contributed by atoms with Gasteiger partial charge in [0.05, 0.1) is 29.7 Å². The number of ether oxygens (including phenoxy) is 1. The molecule has 0 radical (unpaired) electrons. The van der Waals surface area contributed by atoms with Crippen molar-refractivity contribution in [1.82, 2.24) is 4.98 Å². The van der Waals surface area contributed by atoms with Crippen molar-refractivity contribution in [1.29, 1.82) is 5.26 Å². The van der Waals surface area contributed by atoms with Gasteiger partial charge in [-0.05, 0) is 31.5 Å². The molecule has 1 heterocycles. The highest BCUT2D eigenvalue weighted by Gasteiger charge is 2.17. The molecule has 0 aliphatic rings. The van der Waals surface area contributed by atoms with Gasteiger partial charge in [0.15, 0.2) is 5.13 Å². The summed E-state index contributed by atoms with van der Waals surface area (Å²) in [6.07, 6.45) is 0. The number of carbonyl (C=O) groups is 2. The van der Waals surface area contributed by atoms with Gasteiger partial charge < -0.3 is 10.1 Å². The first-order valence-corrected chi connectivity index (χ1v) is 9.51. The summed E-state index contributed by atoms with van der Waals surface area (Å²) in [5, 5.41) is 12.0. The summed E-state index contributed by atoms with van der Waals surface area (Å²) in [5.41, 5.74) is 2.14. The summed E-state index contributed by atoms with van der Waals surface area (Å²) in [6.45, 7) is 3.73. The molecule has 1 amide bonds. The molecule has 2 aromatic rings. The maximum absolute atomic E-state index is 12.0. The lowest BCUT2D eigenvalue weighted by atomic mass is 10.2. The second kappa shape index (κ2) is 9.20. The van der Waals surface area contributed by atoms with Crippen LogP contribution in [0.15, 0.2) is 24.3 Å². The zero-order chi connectivity index (χ0) is 18.2. The molecule has 1 N–H and O–H groups in total. The van der Waals surface area contributed by atoms with E-state index in [0.29, 0.717) is 33.6 Å². The van der Waals surface area contributed by atoms with Crippen LogP contribution in [0.5, 0.6) is 0 Å². The number of carbonyl (C=O) groups excluding carboxylic acids is 2. The third kappa shape index (κ3) is 5.59. The Hall–Kier alpha value is -2.37. The molecular weight excluding hydrogens is 358 g/mol. The Labute approximate surface area is 154 Å². The van der Waals surface area contributed by atoms with E-state index in [4.69, 9.17) is 10.00 Å². The van der Waals surface area contributed by atoms with E-state index >= 15 is 0 Å². The van der Waals surface area contributed by atoms with Gasteiger partial charge in [-0.25, -0.2) is 9.78 Å². The highest BCUT2D eigenvalue weighted by Crippen LogP contribution is 2.23. The van der Waals surface area contributed by atoms with E-state index in [1.807, 2.05) is 12.1 Å². The number of nitriles is 1. The monoisotopic (exact) mass is 375 g/mol. The number of nitrogens with one attached hydrogen (secondary N) is 1. The van der Waals surface area contributed by atoms with Crippen LogP contribution in [0.4, 0.5) is 5.13 Å². The van der Waals surface area contributed by atoms with Crippen molar-refractivity contribution in [3.63, 3.8) is 0 Å². The largest absolute Gasteiger partial charge is 0.462 e. The number of amides is 1. The minimum absolute atomic E-state index is 0.189. The van der Waals surface area contributed by atoms with Gasteiger partial charge in [0.25, 0.3) is 0 Å². The number of thioether (sulfide) groups is 1. The zero-order valence-corrected chi connectivity index (χ0v) is 15.5. The molecule has 0 saturated heterocycles. The summed E-state index contributed by atoms with van der Waals surface area (Å²) >= 11 is 2.55. The summed E-state index contributed by atoms with van der Waals surface area (Å²) < 4.78 is 4.95. The fourth-order valence-electron chi connectivity index (χ4n) is 1.98. The summed E-state index contributed by atoms with van der Waals surface area (Å²) in [5.74, 6) is 0.272. The van der Waals surface area contributed by atoms with Crippen LogP contribution in [-0.4, -0.2) is 29.2 Å². The smallest absolute Gasteiger partial charge is 0.350 e. The Morgan fingerprint density at radius 3 is 2.96 bits per heavy atom. The number of rotatable bonds is 7. The molecule has 0 atom stereocenters. The molecule has 0 aliphatic heterocycles. The number of thiazole rings is 1. The number of esters is 1. The molecule has 25 heavy (non-hydrogen) atoms. The predicted molar refractivity (Wildman–Crippen MR) is 98.8 cm³/mol. The molecule has 0 fully saturated rings. The molecule has 8 heteroatoms. The van der Waals surface area contributed by atoms with Crippen molar-refractivity contribution in [2.45, 2.75) is 19.6 Å². The van der Waals surface area contributed by atoms with Gasteiger partial charge >= 0.3 is 5.97 Å². The summed E-state index contributed by atoms with van der Waals surface area (Å²) in [6, 6.07) is 9.38. The third-order valence-electron chi connectivity index (χ3n) is 3.06. The lowest BCUT2D eigenvalue weighted by Gasteiger charge is -2.03. The van der Waals surface area contributed by atoms with Gasteiger partial charge in [-0.3, -0.25) is 4.79 Å². The number of aromatic nitrogens is 1. The highest BCUT2D eigenvalue weighted by molar-refractivity contribution is 7.99. The molecule has 130 valence electrons. The first kappa shape index (κ1) is 19.0. The lowest BCUT2D eigenvalue weighted by molar-refractivity contribution is -0.113. The van der Waals surface area contributed by atoms with Crippen LogP contribution in [0.1, 0.15) is 33.4 Å². The van der Waals surface area contributed by atoms with Gasteiger partial charge in [0, 0.05) is 5.75 Å². The minimum atomic E-state index is -0.426. The molecule has 0 bridgehead atoms. The Morgan fingerprint density at radius 1 is 1.44 bits per heavy atom. The van der Waals surface area contributed by atoms with Crippen LogP contribution < -0.4 is 5.32 Å². The molecule has 1 aromatic heterocycles. The van der Waals surface area contributed by atoms with Crippen LogP contribution in [0, 0.1) is 18.3 Å². The maximum Gasteiger partial charge on any atom is 0.350 e. The molecule has 6 nitrogen and oxygen atoms in total. The molecule has 0 spiro atoms. The number of hydrogen-bond acceptors (Lipinski definition) is 7. The Morgan fingerprint density at radius 2 is 2.24 bits per heavy atom. The van der Waals surface area contributed by atoms with E-state index in [9.17, 15) is 9.59 Å². The number of benzene rings is 1. The molecular formula is C17H17N3O3S2. The number of anilines is 1. The fourth-order valence-corrected chi connectivity index (χ4v) is 3.63. The molecule has 0 unspecified atom stereocenters. The van der Waals surface area contributed by atoms with Gasteiger partial charge in [0.2, 0.25) is 5.91 Å². The molecule has 0 saturated carbocycles. The summed E-state index contributed by atoms with van der Waals surface area (Å²) in [4.78, 5) is 28.3. The van der Waals surface area contributed by atoms with E-state index in [2.05, 4.69) is 16.4 Å². The van der Waals surface area contributed by atoms with Crippen molar-refractivity contribution < 1.29 is 14.3 Å². The van der Waals surface area contributed by atoms with Gasteiger partial charge in [-0.1, -0.05) is 23.5 Å². The van der Waals surface area contributed by atoms with Crippen LogP contribution in [0.25, 0.3) is 0 Å². The molecule has 0 aliphatic carbocycles. The second-order valence-electron chi connectivity index (χ2n) is 5.01. The van der Waals surface area contributed by atoms with Crippen molar-refractivity contribution in [2.24, 2.45) is 0 Å². The Balaban J connectivity index is 1.85. The third-order valence-corrected chi connectivity index (χ3v) is 5.12. The normalized spacial score (nSPS) is 10.1. The number of hydrogen-bond donors (Lipinski definition) is 1. The maximum atomic E-state index is 12.0. The zero-order valence-electron chi connectivity index (χ0n) is 13.9. The molecule has 2 rings (SSSR count). The Kier molecular flexibility index (Phi) is 6.98. The second-order valence-corrected chi connectivity index (χ2v) is 6.99. The lowest BCUT2D eigenvalue weighted by Crippen LogP contribution is -2.14. The van der Waals surface area contributed by atoms with Crippen molar-refractivity contribution in [2.75, 3.05) is 17.7 Å². The molecule has 1 aromatic carbocycles. The average Bonchev–Trinajstić information content (AvgIpc) is 2.95. The number of nitrogens with zero attached hydrogens (tertiary/aromatic N) is 2. The SMILES string of the molecule is CCOC(=O)c1sc(NC(=O)CSCc2cccc(C#N)c2)nc1C. The Bertz CT molecular complexity index is 812. The summed E-state index contributed by atoms with van der Waals surface area (Å²) in [7, 11) is 0. The average molecular weight is 375 g/mol. The van der Waals surface area contributed by atoms with E-state index in [0.717, 1.165) is 16.9 Å². The first-order valence-electron chi connectivity index (χ1n) is 7.54. The first-order chi connectivity index (χ1) is 12.0. The highest BCUT2D eigenvalue weighted by atomic mass is 32.2. The van der Waals surface area contributed by atoms with E-state index in [-0.39, 0.29) is 11.7 Å². The van der Waals surface area contributed by atoms with Crippen LogP contribution in [-0.2, 0) is 15.3 Å². The van der Waals surface area contributed by atoms with Crippen LogP contribution >= 0.6 is 23.1 Å². The van der Waals surface area contributed by atoms with Crippen molar-refractivity contribution >= 4 is 40.1 Å². The standard InChI is InChI=1S/C17H17N3O3S2/c1-3-23-16(22)15-11(2)19-17(25-15)20-14(21)10-24-9-13-6-4-5-12(7-13)8-18/h4-7H,3,9-10H2,1-2H3,(H,19,20,21). The van der Waals surface area contributed by atoms with E-state index in [1.165, 1.54) is 11.8 Å². The van der Waals surface area contributed by atoms with Crippen LogP contribution in [0.3, 0.4) is 0 Å². The predicted octanol–water partition coefficient (Wildman–Crippen LogP) is 3.37. The quantitative estimate of drug-likeness (QED) is 0.746. The van der Waals surface area contributed by atoms with Gasteiger partial charge in [-0.15, -0.1) is 11.8 Å². The topological polar surface area (TPSA) is 92.1 Å². The minimum Gasteiger partial charge on any atom is -0.462 e. The number of aryl methyl sites for hydroxylation is 1.